The fourth-order valence-electron chi connectivity index (χ4n) is 9.81. The average Bonchev–Trinajstić information content (AvgIpc) is 3.89. The Labute approximate surface area is 397 Å². The third-order valence-corrected chi connectivity index (χ3v) is 20.0. The zero-order valence-corrected chi connectivity index (χ0v) is 43.4. The number of hydrogen-bond acceptors (Lipinski definition) is 4. The first-order valence-corrected chi connectivity index (χ1v) is 34.2. The summed E-state index contributed by atoms with van der Waals surface area (Å²) in [6.45, 7) is 23.8. The van der Waals surface area contributed by atoms with E-state index in [4.69, 9.17) is 8.83 Å². The van der Waals surface area contributed by atoms with Gasteiger partial charge < -0.3 is 18.6 Å². The number of anilines is 6. The molecule has 0 N–H and O–H groups in total. The summed E-state index contributed by atoms with van der Waals surface area (Å²) < 4.78 is 13.9. The van der Waals surface area contributed by atoms with Gasteiger partial charge in [-0.15, -0.1) is 0 Å². The smallest absolute Gasteiger partial charge is 0.178 e. The molecule has 7 heteroatoms. The molecule has 0 atom stereocenters. The van der Waals surface area contributed by atoms with Gasteiger partial charge in [0.25, 0.3) is 0 Å². The molecule has 0 spiro atoms. The van der Waals surface area contributed by atoms with Gasteiger partial charge in [0.2, 0.25) is 0 Å². The maximum atomic E-state index is 6.96. The summed E-state index contributed by atoms with van der Waals surface area (Å²) in [6.07, 6.45) is 0. The number of furan rings is 2. The number of aryl methyl sites for hydroxylation is 1. The molecule has 9 aromatic carbocycles. The highest BCUT2D eigenvalue weighted by molar-refractivity contribution is 6.89. The first-order chi connectivity index (χ1) is 32.0. The van der Waals surface area contributed by atoms with E-state index in [1.807, 2.05) is 0 Å². The van der Waals surface area contributed by atoms with Crippen molar-refractivity contribution in [2.45, 2.75) is 65.8 Å². The zero-order chi connectivity index (χ0) is 46.6. The largest absolute Gasteiger partial charge is 0.451 e. The summed E-state index contributed by atoms with van der Waals surface area (Å²) in [5.74, 6) is 0. The van der Waals surface area contributed by atoms with Crippen LogP contribution in [-0.4, -0.2) is 24.2 Å². The molecule has 4 nitrogen and oxygen atoms in total. The molecule has 2 heterocycles. The minimum absolute atomic E-state index is 0.781. The SMILES string of the molecule is Cc1ccc(N(c2ccc([Si](C)(C)C)cc2)c2ccc3c(ccc4c5ccc6c7ccc8cc(N(c9ccc([Si](C)(C)C)cc9)c9ccc([Si](C)(C)C)cc9)ccc8c7oc6c5oc34)c2)cc1. The minimum Gasteiger partial charge on any atom is -0.451 e. The Morgan fingerprint density at radius 3 is 0.881 bits per heavy atom. The molecule has 0 radical (unpaired) electrons. The molecule has 0 saturated carbocycles. The van der Waals surface area contributed by atoms with Crippen LogP contribution in [0.25, 0.3) is 65.4 Å². The number of nitrogens with zero attached hydrogens (tertiary/aromatic N) is 2. The van der Waals surface area contributed by atoms with Gasteiger partial charge >= 0.3 is 0 Å². The summed E-state index contributed by atoms with van der Waals surface area (Å²) in [5.41, 5.74) is 11.3. The number of benzene rings is 9. The molecule has 2 aromatic heterocycles. The first-order valence-electron chi connectivity index (χ1n) is 23.7. The number of hydrogen-bond donors (Lipinski definition) is 0. The van der Waals surface area contributed by atoms with E-state index in [1.165, 1.54) is 21.1 Å². The normalized spacial score (nSPS) is 12.6. The van der Waals surface area contributed by atoms with Crippen LogP contribution < -0.4 is 25.4 Å². The maximum Gasteiger partial charge on any atom is 0.178 e. The van der Waals surface area contributed by atoms with Gasteiger partial charge in [0.15, 0.2) is 11.2 Å². The van der Waals surface area contributed by atoms with E-state index in [1.54, 1.807) is 0 Å². The topological polar surface area (TPSA) is 32.8 Å². The predicted molar refractivity (Wildman–Crippen MR) is 299 cm³/mol. The van der Waals surface area contributed by atoms with Crippen molar-refractivity contribution in [2.24, 2.45) is 0 Å². The summed E-state index contributed by atoms with van der Waals surface area (Å²) >= 11 is 0. The Balaban J connectivity index is 1.00. The predicted octanol–water partition coefficient (Wildman–Crippen LogP) is 16.7. The van der Waals surface area contributed by atoms with Crippen molar-refractivity contribution < 1.29 is 8.83 Å². The standard InChI is InChI=1S/C60H58N2O2Si3/c1-39-11-15-42(16-12-39)61(43-17-25-48(26-18-43)65(2,3)4)46-23-33-51-40(37-46)13-31-53-55-35-36-56-54-32-14-41-38-47(24-34-52(41)58(54)64-60(56)59(55)63-57(51)53)62(44-19-27-49(28-20-44)66(5,6)7)45-21-29-50(30-22-45)67(8,9)10/h11-38H,1-10H3. The molecule has 0 saturated heterocycles. The van der Waals surface area contributed by atoms with Crippen molar-refractivity contribution in [3.63, 3.8) is 0 Å². The van der Waals surface area contributed by atoms with Crippen LogP contribution in [0.15, 0.2) is 179 Å². The molecule has 11 aromatic rings. The molecule has 0 bridgehead atoms. The highest BCUT2D eigenvalue weighted by atomic mass is 28.3. The highest BCUT2D eigenvalue weighted by Crippen LogP contribution is 2.45. The molecule has 332 valence electrons. The van der Waals surface area contributed by atoms with Crippen LogP contribution in [0.2, 0.25) is 58.9 Å². The fourth-order valence-corrected chi connectivity index (χ4v) is 13.3. The molecular weight excluding hydrogens is 865 g/mol. The molecule has 0 unspecified atom stereocenters. The van der Waals surface area contributed by atoms with Crippen molar-refractivity contribution in [3.8, 4) is 0 Å². The van der Waals surface area contributed by atoms with Crippen LogP contribution >= 0.6 is 0 Å². The van der Waals surface area contributed by atoms with Gasteiger partial charge in [0.1, 0.15) is 11.2 Å². The van der Waals surface area contributed by atoms with Crippen LogP contribution in [0.4, 0.5) is 34.1 Å². The Morgan fingerprint density at radius 2 is 0.552 bits per heavy atom. The second-order valence-electron chi connectivity index (χ2n) is 21.6. The first kappa shape index (κ1) is 43.0. The lowest BCUT2D eigenvalue weighted by Crippen LogP contribution is -2.37. The molecule has 0 aliphatic rings. The molecule has 0 aliphatic heterocycles. The Bertz CT molecular complexity index is 3620. The molecule has 67 heavy (non-hydrogen) atoms. The Kier molecular flexibility index (Phi) is 10.1. The summed E-state index contributed by atoms with van der Waals surface area (Å²) in [6, 6.07) is 63.3. The Morgan fingerprint density at radius 1 is 0.284 bits per heavy atom. The van der Waals surface area contributed by atoms with E-state index in [0.29, 0.717) is 0 Å². The van der Waals surface area contributed by atoms with Crippen molar-refractivity contribution in [1.29, 1.82) is 0 Å². The second kappa shape index (κ2) is 15.7. The van der Waals surface area contributed by atoms with Crippen molar-refractivity contribution in [1.82, 2.24) is 0 Å². The van der Waals surface area contributed by atoms with E-state index < -0.39 is 24.2 Å². The lowest BCUT2D eigenvalue weighted by Gasteiger charge is -2.28. The van der Waals surface area contributed by atoms with E-state index in [2.05, 4.69) is 246 Å². The third-order valence-electron chi connectivity index (χ3n) is 13.8. The monoisotopic (exact) mass is 922 g/mol. The molecule has 11 rings (SSSR count). The van der Waals surface area contributed by atoms with Crippen LogP contribution in [0.1, 0.15) is 5.56 Å². The quantitative estimate of drug-likeness (QED) is 0.135. The fraction of sp³-hybridized carbons (Fsp3) is 0.167. The summed E-state index contributed by atoms with van der Waals surface area (Å²) in [4.78, 5) is 4.75. The molecule has 0 fully saturated rings. The minimum atomic E-state index is -1.46. The van der Waals surface area contributed by atoms with Gasteiger partial charge in [-0.05, 0) is 127 Å². The van der Waals surface area contributed by atoms with Crippen molar-refractivity contribution >= 4 is 139 Å². The lowest BCUT2D eigenvalue weighted by molar-refractivity contribution is 0.637. The summed E-state index contributed by atoms with van der Waals surface area (Å²) in [7, 11) is -4.37. The average molecular weight is 923 g/mol. The zero-order valence-electron chi connectivity index (χ0n) is 40.4. The third kappa shape index (κ3) is 7.59. The summed E-state index contributed by atoms with van der Waals surface area (Å²) in [5, 5.41) is 13.0. The van der Waals surface area contributed by atoms with Crippen LogP contribution in [0, 0.1) is 6.92 Å². The second-order valence-corrected chi connectivity index (χ2v) is 36.8. The van der Waals surface area contributed by atoms with Gasteiger partial charge in [0.05, 0.1) is 24.2 Å². The van der Waals surface area contributed by atoms with Gasteiger partial charge in [0, 0.05) is 66.4 Å². The molecule has 0 amide bonds. The molecule has 0 aliphatic carbocycles. The van der Waals surface area contributed by atoms with Crippen molar-refractivity contribution in [3.05, 3.63) is 175 Å². The highest BCUT2D eigenvalue weighted by Gasteiger charge is 2.24. The number of rotatable bonds is 9. The van der Waals surface area contributed by atoms with E-state index in [-0.39, 0.29) is 0 Å². The Hall–Kier alpha value is -6.65. The van der Waals surface area contributed by atoms with E-state index in [9.17, 15) is 0 Å². The van der Waals surface area contributed by atoms with Crippen molar-refractivity contribution in [2.75, 3.05) is 9.80 Å². The van der Waals surface area contributed by atoms with Gasteiger partial charge in [-0.3, -0.25) is 0 Å². The van der Waals surface area contributed by atoms with Crippen LogP contribution in [-0.2, 0) is 0 Å². The van der Waals surface area contributed by atoms with Gasteiger partial charge in [-0.1, -0.05) is 141 Å². The van der Waals surface area contributed by atoms with Gasteiger partial charge in [-0.25, -0.2) is 0 Å². The van der Waals surface area contributed by atoms with Crippen LogP contribution in [0.5, 0.6) is 0 Å². The molecular formula is C60H58N2O2Si3. The number of fused-ring (bicyclic) bond motifs is 11. The maximum absolute atomic E-state index is 6.96. The van der Waals surface area contributed by atoms with Crippen LogP contribution in [0.3, 0.4) is 0 Å². The lowest BCUT2D eigenvalue weighted by atomic mass is 10.0. The van der Waals surface area contributed by atoms with E-state index >= 15 is 0 Å². The van der Waals surface area contributed by atoms with E-state index in [0.717, 1.165) is 99.5 Å². The van der Waals surface area contributed by atoms with Gasteiger partial charge in [-0.2, -0.15) is 0 Å².